The van der Waals surface area contributed by atoms with Crippen LogP contribution in [-0.4, -0.2) is 52.2 Å². The molecule has 1 amide bonds. The molecule has 8 heteroatoms. The summed E-state index contributed by atoms with van der Waals surface area (Å²) < 4.78 is 5.55. The molecule has 1 heterocycles. The normalized spacial score (nSPS) is 21.1. The second-order valence-corrected chi connectivity index (χ2v) is 4.97. The third-order valence-corrected chi connectivity index (χ3v) is 3.52. The first-order valence-corrected chi connectivity index (χ1v) is 6.44. The number of benzene rings is 1. The van der Waals surface area contributed by atoms with Crippen LogP contribution in [-0.2, 0) is 4.79 Å². The highest BCUT2D eigenvalue weighted by molar-refractivity contribution is 6.33. The van der Waals surface area contributed by atoms with Gasteiger partial charge in [0, 0.05) is 12.0 Å². The minimum Gasteiger partial charge on any atom is -0.488 e. The number of amides is 1. The quantitative estimate of drug-likeness (QED) is 0.820. The summed E-state index contributed by atoms with van der Waals surface area (Å²) in [5.74, 6) is -0.857. The zero-order valence-corrected chi connectivity index (χ0v) is 11.5. The van der Waals surface area contributed by atoms with Crippen LogP contribution in [0.25, 0.3) is 0 Å². The third-order valence-electron chi connectivity index (χ3n) is 3.20. The summed E-state index contributed by atoms with van der Waals surface area (Å²) >= 11 is 5.86. The molecule has 112 valence electrons. The van der Waals surface area contributed by atoms with E-state index in [0.717, 1.165) is 4.90 Å². The minimum atomic E-state index is -1.30. The van der Waals surface area contributed by atoms with Crippen LogP contribution < -0.4 is 4.74 Å². The van der Waals surface area contributed by atoms with Gasteiger partial charge in [0.05, 0.1) is 11.6 Å². The number of aldehydes is 1. The maximum atomic E-state index is 11.0. The van der Waals surface area contributed by atoms with Crippen molar-refractivity contribution >= 4 is 29.9 Å². The van der Waals surface area contributed by atoms with Crippen molar-refractivity contribution in [2.45, 2.75) is 18.6 Å². The zero-order chi connectivity index (χ0) is 15.6. The fraction of sp³-hybridized carbons (Fsp3) is 0.308. The van der Waals surface area contributed by atoms with Crippen LogP contribution in [0.15, 0.2) is 18.2 Å². The number of hydrogen-bond donors (Lipinski definition) is 2. The van der Waals surface area contributed by atoms with E-state index in [-0.39, 0.29) is 18.0 Å². The van der Waals surface area contributed by atoms with E-state index in [9.17, 15) is 14.4 Å². The van der Waals surface area contributed by atoms with Gasteiger partial charge in [-0.05, 0) is 18.2 Å². The van der Waals surface area contributed by atoms with Crippen LogP contribution in [0.2, 0.25) is 5.02 Å². The fourth-order valence-corrected chi connectivity index (χ4v) is 2.41. The number of nitrogens with zero attached hydrogens (tertiary/aromatic N) is 1. The number of rotatable bonds is 4. The molecule has 0 radical (unpaired) electrons. The second kappa shape index (κ2) is 6.01. The maximum absolute atomic E-state index is 11.0. The topological polar surface area (TPSA) is 104 Å². The number of carboxylic acids is 1. The Kier molecular flexibility index (Phi) is 4.32. The van der Waals surface area contributed by atoms with Crippen LogP contribution in [0.5, 0.6) is 5.75 Å². The molecule has 2 atom stereocenters. The summed E-state index contributed by atoms with van der Waals surface area (Å²) in [5.41, 5.74) is 0.311. The molecule has 1 aromatic carbocycles. The SMILES string of the molecule is O=Cc1ccc(OC2CC(C(=O)O)N(C(=O)O)C2)cc1Cl. The Balaban J connectivity index is 2.10. The number of hydrogen-bond acceptors (Lipinski definition) is 4. The zero-order valence-electron chi connectivity index (χ0n) is 10.7. The molecule has 0 bridgehead atoms. The number of carbonyl (C=O) groups excluding carboxylic acids is 1. The van der Waals surface area contributed by atoms with E-state index in [1.165, 1.54) is 18.2 Å². The molecule has 0 aliphatic carbocycles. The molecule has 1 fully saturated rings. The Labute approximate surface area is 124 Å². The first kappa shape index (κ1) is 15.1. The van der Waals surface area contributed by atoms with E-state index in [2.05, 4.69) is 0 Å². The molecule has 7 nitrogen and oxygen atoms in total. The van der Waals surface area contributed by atoms with Crippen molar-refractivity contribution in [1.82, 2.24) is 4.90 Å². The summed E-state index contributed by atoms with van der Waals surface area (Å²) in [4.78, 5) is 33.5. The highest BCUT2D eigenvalue weighted by atomic mass is 35.5. The van der Waals surface area contributed by atoms with E-state index in [1.54, 1.807) is 0 Å². The summed E-state index contributed by atoms with van der Waals surface area (Å²) in [6.45, 7) is -0.0423. The largest absolute Gasteiger partial charge is 0.488 e. The lowest BCUT2D eigenvalue weighted by Crippen LogP contribution is -2.39. The molecule has 0 spiro atoms. The van der Waals surface area contributed by atoms with Crippen LogP contribution in [0.4, 0.5) is 4.79 Å². The van der Waals surface area contributed by atoms with Gasteiger partial charge in [-0.1, -0.05) is 11.6 Å². The molecule has 21 heavy (non-hydrogen) atoms. The Morgan fingerprint density at radius 1 is 1.38 bits per heavy atom. The maximum Gasteiger partial charge on any atom is 0.408 e. The molecular formula is C13H12ClNO6. The van der Waals surface area contributed by atoms with E-state index in [1.807, 2.05) is 0 Å². The van der Waals surface area contributed by atoms with Crippen molar-refractivity contribution in [3.8, 4) is 5.75 Å². The fourth-order valence-electron chi connectivity index (χ4n) is 2.20. The summed E-state index contributed by atoms with van der Waals surface area (Å²) in [5, 5.41) is 18.2. The lowest BCUT2D eigenvalue weighted by atomic mass is 10.2. The lowest BCUT2D eigenvalue weighted by molar-refractivity contribution is -0.141. The van der Waals surface area contributed by atoms with Crippen LogP contribution in [0.1, 0.15) is 16.8 Å². The molecule has 1 saturated heterocycles. The Hall–Kier alpha value is -2.28. The van der Waals surface area contributed by atoms with Gasteiger partial charge < -0.3 is 14.9 Å². The molecule has 0 saturated carbocycles. The van der Waals surface area contributed by atoms with Gasteiger partial charge in [0.25, 0.3) is 0 Å². The van der Waals surface area contributed by atoms with E-state index in [0.29, 0.717) is 17.6 Å². The van der Waals surface area contributed by atoms with Gasteiger partial charge in [-0.3, -0.25) is 9.69 Å². The van der Waals surface area contributed by atoms with E-state index < -0.39 is 24.2 Å². The molecule has 2 rings (SSSR count). The van der Waals surface area contributed by atoms with Crippen molar-refractivity contribution in [3.05, 3.63) is 28.8 Å². The van der Waals surface area contributed by atoms with Gasteiger partial charge in [0.2, 0.25) is 0 Å². The van der Waals surface area contributed by atoms with Crippen molar-refractivity contribution in [1.29, 1.82) is 0 Å². The number of aliphatic carboxylic acids is 1. The van der Waals surface area contributed by atoms with Crippen LogP contribution in [0.3, 0.4) is 0 Å². The Bertz CT molecular complexity index is 568. The first-order valence-electron chi connectivity index (χ1n) is 6.06. The molecule has 1 aromatic rings. The third kappa shape index (κ3) is 3.25. The average Bonchev–Trinajstić information content (AvgIpc) is 2.83. The highest BCUT2D eigenvalue weighted by Crippen LogP contribution is 2.26. The van der Waals surface area contributed by atoms with E-state index in [4.69, 9.17) is 26.6 Å². The predicted molar refractivity (Wildman–Crippen MR) is 72.0 cm³/mol. The van der Waals surface area contributed by atoms with Gasteiger partial charge in [-0.2, -0.15) is 0 Å². The Morgan fingerprint density at radius 3 is 2.57 bits per heavy atom. The summed E-state index contributed by atoms with van der Waals surface area (Å²) in [6.07, 6.45) is -1.23. The summed E-state index contributed by atoms with van der Waals surface area (Å²) in [7, 11) is 0. The Morgan fingerprint density at radius 2 is 2.10 bits per heavy atom. The van der Waals surface area contributed by atoms with Gasteiger partial charge in [0.1, 0.15) is 17.9 Å². The van der Waals surface area contributed by atoms with Gasteiger partial charge in [0.15, 0.2) is 6.29 Å². The smallest absolute Gasteiger partial charge is 0.408 e. The van der Waals surface area contributed by atoms with Crippen molar-refractivity contribution < 1.29 is 29.3 Å². The number of carboxylic acid groups (broad SMARTS) is 2. The molecular weight excluding hydrogens is 302 g/mol. The van der Waals surface area contributed by atoms with Crippen molar-refractivity contribution in [2.75, 3.05) is 6.54 Å². The molecule has 1 aliphatic rings. The number of ether oxygens (including phenoxy) is 1. The van der Waals surface area contributed by atoms with Crippen LogP contribution >= 0.6 is 11.6 Å². The molecule has 1 aliphatic heterocycles. The standard InChI is InChI=1S/C13H12ClNO6/c14-10-3-8(2-1-7(10)6-16)21-9-4-11(12(17)18)15(5-9)13(19)20/h1-3,6,9,11H,4-5H2,(H,17,18)(H,19,20). The van der Waals surface area contributed by atoms with Gasteiger partial charge in [-0.25, -0.2) is 9.59 Å². The molecule has 0 aromatic heterocycles. The first-order chi connectivity index (χ1) is 9.92. The molecule has 2 N–H and O–H groups in total. The monoisotopic (exact) mass is 313 g/mol. The van der Waals surface area contributed by atoms with Gasteiger partial charge >= 0.3 is 12.1 Å². The van der Waals surface area contributed by atoms with E-state index >= 15 is 0 Å². The second-order valence-electron chi connectivity index (χ2n) is 4.57. The van der Waals surface area contributed by atoms with Crippen molar-refractivity contribution in [2.24, 2.45) is 0 Å². The highest BCUT2D eigenvalue weighted by Gasteiger charge is 2.41. The lowest BCUT2D eigenvalue weighted by Gasteiger charge is -2.16. The minimum absolute atomic E-state index is 0.0423. The number of halogens is 1. The summed E-state index contributed by atoms with van der Waals surface area (Å²) in [6, 6.07) is 3.31. The average molecular weight is 314 g/mol. The van der Waals surface area contributed by atoms with Crippen molar-refractivity contribution in [3.63, 3.8) is 0 Å². The van der Waals surface area contributed by atoms with Crippen LogP contribution in [0, 0.1) is 0 Å². The van der Waals surface area contributed by atoms with Gasteiger partial charge in [-0.15, -0.1) is 0 Å². The number of likely N-dealkylation sites (tertiary alicyclic amines) is 1. The predicted octanol–water partition coefficient (Wildman–Crippen LogP) is 1.74. The molecule has 2 unspecified atom stereocenters. The number of carbonyl (C=O) groups is 3.